The van der Waals surface area contributed by atoms with Gasteiger partial charge in [0, 0.05) is 4.88 Å². The van der Waals surface area contributed by atoms with Crippen LogP contribution in [0.4, 0.5) is 4.39 Å². The number of benzene rings is 1. The van der Waals surface area contributed by atoms with E-state index in [2.05, 4.69) is 15.9 Å². The van der Waals surface area contributed by atoms with Crippen LogP contribution in [0.3, 0.4) is 0 Å². The molecule has 0 fully saturated rings. The molecule has 1 aromatic heterocycles. The van der Waals surface area contributed by atoms with Crippen molar-refractivity contribution in [3.63, 3.8) is 0 Å². The van der Waals surface area contributed by atoms with E-state index < -0.39 is 11.9 Å². The summed E-state index contributed by atoms with van der Waals surface area (Å²) in [7, 11) is 1.46. The summed E-state index contributed by atoms with van der Waals surface area (Å²) in [4.78, 5) is 0.683. The number of aliphatic hydroxyl groups is 1. The molecule has 0 spiro atoms. The van der Waals surface area contributed by atoms with Crippen molar-refractivity contribution in [3.8, 4) is 5.75 Å². The lowest BCUT2D eigenvalue weighted by molar-refractivity contribution is 0.212. The SMILES string of the molecule is COc1cccc(F)c1C(O)c1cc(C)c(Br)s1. The van der Waals surface area contributed by atoms with Crippen molar-refractivity contribution in [3.05, 3.63) is 49.9 Å². The van der Waals surface area contributed by atoms with Crippen LogP contribution in [0, 0.1) is 12.7 Å². The van der Waals surface area contributed by atoms with Gasteiger partial charge in [-0.25, -0.2) is 4.39 Å². The highest BCUT2D eigenvalue weighted by Crippen LogP contribution is 2.38. The average Bonchev–Trinajstić information content (AvgIpc) is 2.68. The number of halogens is 2. The second kappa shape index (κ2) is 5.38. The zero-order valence-corrected chi connectivity index (χ0v) is 12.3. The Kier molecular flexibility index (Phi) is 4.04. The minimum absolute atomic E-state index is 0.175. The summed E-state index contributed by atoms with van der Waals surface area (Å²) in [6, 6.07) is 6.35. The summed E-state index contributed by atoms with van der Waals surface area (Å²) in [6.07, 6.45) is -1.02. The first-order valence-electron chi connectivity index (χ1n) is 5.31. The van der Waals surface area contributed by atoms with Gasteiger partial charge in [-0.3, -0.25) is 0 Å². The molecule has 0 radical (unpaired) electrons. The number of ether oxygens (including phenoxy) is 1. The lowest BCUT2D eigenvalue weighted by atomic mass is 10.1. The van der Waals surface area contributed by atoms with Crippen LogP contribution in [0.5, 0.6) is 5.75 Å². The Balaban J connectivity index is 2.48. The monoisotopic (exact) mass is 330 g/mol. The predicted molar refractivity (Wildman–Crippen MR) is 73.8 cm³/mol. The predicted octanol–water partition coefficient (Wildman–Crippen LogP) is 4.05. The molecule has 0 saturated carbocycles. The van der Waals surface area contributed by atoms with E-state index in [1.807, 2.05) is 13.0 Å². The summed E-state index contributed by atoms with van der Waals surface area (Å²) in [5.41, 5.74) is 1.19. The molecule has 0 aliphatic heterocycles. The first-order chi connectivity index (χ1) is 8.54. The van der Waals surface area contributed by atoms with Crippen molar-refractivity contribution in [2.45, 2.75) is 13.0 Å². The van der Waals surface area contributed by atoms with Crippen molar-refractivity contribution in [2.75, 3.05) is 7.11 Å². The van der Waals surface area contributed by atoms with E-state index in [4.69, 9.17) is 4.74 Å². The average molecular weight is 331 g/mol. The maximum atomic E-state index is 13.8. The Morgan fingerprint density at radius 1 is 1.44 bits per heavy atom. The van der Waals surface area contributed by atoms with Crippen LogP contribution in [-0.4, -0.2) is 12.2 Å². The Morgan fingerprint density at radius 3 is 2.72 bits per heavy atom. The second-order valence-electron chi connectivity index (χ2n) is 3.86. The minimum Gasteiger partial charge on any atom is -0.496 e. The largest absolute Gasteiger partial charge is 0.496 e. The standard InChI is InChI=1S/C13H12BrFO2S/c1-7-6-10(18-13(7)14)12(16)11-8(15)4-3-5-9(11)17-2/h3-6,12,16H,1-2H3. The summed E-state index contributed by atoms with van der Waals surface area (Å²) < 4.78 is 19.9. The van der Waals surface area contributed by atoms with Crippen LogP contribution in [0.25, 0.3) is 0 Å². The highest BCUT2D eigenvalue weighted by molar-refractivity contribution is 9.11. The number of rotatable bonds is 3. The Hall–Kier alpha value is -0.910. The number of aryl methyl sites for hydroxylation is 1. The van der Waals surface area contributed by atoms with Crippen molar-refractivity contribution in [1.82, 2.24) is 0 Å². The third-order valence-electron chi connectivity index (χ3n) is 2.65. The van der Waals surface area contributed by atoms with Crippen molar-refractivity contribution in [2.24, 2.45) is 0 Å². The summed E-state index contributed by atoms with van der Waals surface area (Å²) in [5.74, 6) is -0.117. The molecular weight excluding hydrogens is 319 g/mol. The molecule has 1 N–H and O–H groups in total. The van der Waals surface area contributed by atoms with Gasteiger partial charge in [-0.2, -0.15) is 0 Å². The van der Waals surface area contributed by atoms with Gasteiger partial charge in [0.15, 0.2) is 0 Å². The molecule has 2 aromatic rings. The Labute approximate surface area is 117 Å². The third kappa shape index (κ3) is 2.43. The summed E-state index contributed by atoms with van der Waals surface area (Å²) in [5, 5.41) is 10.3. The molecule has 18 heavy (non-hydrogen) atoms. The highest BCUT2D eigenvalue weighted by atomic mass is 79.9. The number of methoxy groups -OCH3 is 1. The molecule has 0 aliphatic rings. The van der Waals surface area contributed by atoms with E-state index in [0.717, 1.165) is 9.35 Å². The van der Waals surface area contributed by atoms with E-state index in [0.29, 0.717) is 10.6 Å². The van der Waals surface area contributed by atoms with Crippen molar-refractivity contribution >= 4 is 27.3 Å². The smallest absolute Gasteiger partial charge is 0.133 e. The van der Waals surface area contributed by atoms with Gasteiger partial charge in [0.1, 0.15) is 17.7 Å². The van der Waals surface area contributed by atoms with E-state index in [-0.39, 0.29) is 5.56 Å². The minimum atomic E-state index is -1.02. The van der Waals surface area contributed by atoms with Crippen LogP contribution < -0.4 is 4.74 Å². The summed E-state index contributed by atoms with van der Waals surface area (Å²) >= 11 is 4.78. The first kappa shape index (κ1) is 13.5. The normalized spacial score (nSPS) is 12.5. The zero-order chi connectivity index (χ0) is 13.3. The van der Waals surface area contributed by atoms with E-state index in [1.54, 1.807) is 12.1 Å². The Morgan fingerprint density at radius 2 is 2.17 bits per heavy atom. The fraction of sp³-hybridized carbons (Fsp3) is 0.231. The molecule has 0 amide bonds. The molecule has 96 valence electrons. The van der Waals surface area contributed by atoms with Crippen LogP contribution in [-0.2, 0) is 0 Å². The van der Waals surface area contributed by atoms with Gasteiger partial charge in [-0.1, -0.05) is 6.07 Å². The van der Waals surface area contributed by atoms with Gasteiger partial charge in [-0.15, -0.1) is 11.3 Å². The van der Waals surface area contributed by atoms with Gasteiger partial charge in [0.05, 0.1) is 16.5 Å². The van der Waals surface area contributed by atoms with Gasteiger partial charge in [-0.05, 0) is 46.6 Å². The van der Waals surface area contributed by atoms with E-state index in [9.17, 15) is 9.50 Å². The first-order valence-corrected chi connectivity index (χ1v) is 6.91. The third-order valence-corrected chi connectivity index (χ3v) is 4.84. The molecule has 0 bridgehead atoms. The molecule has 1 aromatic carbocycles. The molecule has 5 heteroatoms. The lowest BCUT2D eigenvalue weighted by Gasteiger charge is -2.14. The molecule has 2 rings (SSSR count). The van der Waals surface area contributed by atoms with Crippen LogP contribution in [0.2, 0.25) is 0 Å². The Bertz CT molecular complexity index is 549. The molecule has 2 nitrogen and oxygen atoms in total. The maximum absolute atomic E-state index is 13.8. The molecule has 1 heterocycles. The molecule has 1 unspecified atom stereocenters. The van der Waals surface area contributed by atoms with Crippen LogP contribution in [0.15, 0.2) is 28.1 Å². The number of hydrogen-bond acceptors (Lipinski definition) is 3. The maximum Gasteiger partial charge on any atom is 0.133 e. The number of hydrogen-bond donors (Lipinski definition) is 1. The topological polar surface area (TPSA) is 29.5 Å². The van der Waals surface area contributed by atoms with E-state index in [1.165, 1.54) is 24.5 Å². The quantitative estimate of drug-likeness (QED) is 0.919. The highest BCUT2D eigenvalue weighted by Gasteiger charge is 2.22. The van der Waals surface area contributed by atoms with Crippen molar-refractivity contribution < 1.29 is 14.2 Å². The van der Waals surface area contributed by atoms with Gasteiger partial charge >= 0.3 is 0 Å². The van der Waals surface area contributed by atoms with Crippen LogP contribution >= 0.6 is 27.3 Å². The van der Waals surface area contributed by atoms with Gasteiger partial charge in [0.2, 0.25) is 0 Å². The molecule has 1 atom stereocenters. The van der Waals surface area contributed by atoms with Gasteiger partial charge in [0.25, 0.3) is 0 Å². The fourth-order valence-electron chi connectivity index (χ4n) is 1.72. The van der Waals surface area contributed by atoms with Gasteiger partial charge < -0.3 is 9.84 Å². The number of aliphatic hydroxyl groups excluding tert-OH is 1. The fourth-order valence-corrected chi connectivity index (χ4v) is 3.29. The second-order valence-corrected chi connectivity index (χ2v) is 6.27. The lowest BCUT2D eigenvalue weighted by Crippen LogP contribution is -2.03. The zero-order valence-electron chi connectivity index (χ0n) is 9.91. The van der Waals surface area contributed by atoms with Crippen LogP contribution in [0.1, 0.15) is 22.1 Å². The van der Waals surface area contributed by atoms with Crippen molar-refractivity contribution in [1.29, 1.82) is 0 Å². The molecular formula is C13H12BrFO2S. The molecule has 0 saturated heterocycles. The summed E-state index contributed by atoms with van der Waals surface area (Å²) in [6.45, 7) is 1.93. The van der Waals surface area contributed by atoms with E-state index >= 15 is 0 Å². The molecule has 0 aliphatic carbocycles. The number of thiophene rings is 1.